The molecule has 0 aliphatic heterocycles. The number of nitrogens with zero attached hydrogens (tertiary/aromatic N) is 1. The molecular weight excluding hydrogens is 100 g/mol. The van der Waals surface area contributed by atoms with Crippen LogP contribution >= 0.6 is 0 Å². The summed E-state index contributed by atoms with van der Waals surface area (Å²) in [5.74, 6) is 0. The Morgan fingerprint density at radius 1 is 1.62 bits per heavy atom. The van der Waals surface area contributed by atoms with E-state index < -0.39 is 0 Å². The van der Waals surface area contributed by atoms with Crippen molar-refractivity contribution in [1.82, 2.24) is 5.32 Å². The van der Waals surface area contributed by atoms with Crippen molar-refractivity contribution < 1.29 is 0 Å². The fraction of sp³-hybridized carbons (Fsp3) is 0.833. The van der Waals surface area contributed by atoms with E-state index in [1.54, 1.807) is 0 Å². The molecule has 0 heterocycles. The highest BCUT2D eigenvalue weighted by Crippen LogP contribution is 2.21. The van der Waals surface area contributed by atoms with Gasteiger partial charge in [-0.1, -0.05) is 0 Å². The molecule has 0 amide bonds. The zero-order valence-electron chi connectivity index (χ0n) is 5.22. The van der Waals surface area contributed by atoms with Crippen LogP contribution in [0.1, 0.15) is 12.8 Å². The first kappa shape index (κ1) is 5.76. The monoisotopic (exact) mass is 112 g/mol. The molecule has 1 aliphatic carbocycles. The van der Waals surface area contributed by atoms with Gasteiger partial charge < -0.3 is 5.32 Å². The number of aliphatic imine (C=N–C) groups is 1. The van der Waals surface area contributed by atoms with Gasteiger partial charge in [-0.2, -0.15) is 0 Å². The SMILES string of the molecule is C=NC1CC(NC)C1. The first-order chi connectivity index (χ1) is 3.86. The number of hydrogen-bond donors (Lipinski definition) is 1. The largest absolute Gasteiger partial charge is 0.317 e. The molecule has 1 aliphatic rings. The zero-order chi connectivity index (χ0) is 5.98. The lowest BCUT2D eigenvalue weighted by atomic mass is 9.88. The lowest BCUT2D eigenvalue weighted by molar-refractivity contribution is 0.311. The second-order valence-electron chi connectivity index (χ2n) is 2.29. The molecule has 0 aromatic rings. The molecule has 1 N–H and O–H groups in total. The van der Waals surface area contributed by atoms with Gasteiger partial charge in [0.1, 0.15) is 0 Å². The molecule has 0 spiro atoms. The van der Waals surface area contributed by atoms with E-state index in [4.69, 9.17) is 0 Å². The van der Waals surface area contributed by atoms with Crippen LogP contribution in [0.4, 0.5) is 0 Å². The fourth-order valence-electron chi connectivity index (χ4n) is 0.973. The Labute approximate surface area is 50.0 Å². The van der Waals surface area contributed by atoms with Crippen LogP contribution in [0.2, 0.25) is 0 Å². The van der Waals surface area contributed by atoms with Crippen molar-refractivity contribution >= 4 is 6.72 Å². The number of hydrogen-bond acceptors (Lipinski definition) is 2. The fourth-order valence-corrected chi connectivity index (χ4v) is 0.973. The van der Waals surface area contributed by atoms with E-state index in [-0.39, 0.29) is 0 Å². The van der Waals surface area contributed by atoms with Crippen LogP contribution in [-0.4, -0.2) is 25.8 Å². The Kier molecular flexibility index (Phi) is 1.63. The summed E-state index contributed by atoms with van der Waals surface area (Å²) >= 11 is 0. The van der Waals surface area contributed by atoms with Crippen LogP contribution in [0.25, 0.3) is 0 Å². The molecule has 1 rings (SSSR count). The van der Waals surface area contributed by atoms with Crippen molar-refractivity contribution in [1.29, 1.82) is 0 Å². The molecule has 0 aromatic carbocycles. The molecule has 8 heavy (non-hydrogen) atoms. The highest BCUT2D eigenvalue weighted by Gasteiger charge is 2.25. The van der Waals surface area contributed by atoms with Crippen molar-refractivity contribution in [3.8, 4) is 0 Å². The number of rotatable bonds is 2. The standard InChI is InChI=1S/C6H12N2/c1-7-5-3-6(4-5)8-2/h5-6,8H,1,3-4H2,2H3. The van der Waals surface area contributed by atoms with E-state index in [9.17, 15) is 0 Å². The molecule has 0 unspecified atom stereocenters. The van der Waals surface area contributed by atoms with Gasteiger partial charge in [0.05, 0.1) is 6.04 Å². The summed E-state index contributed by atoms with van der Waals surface area (Å²) in [7, 11) is 1.99. The molecule has 1 fully saturated rings. The van der Waals surface area contributed by atoms with Crippen molar-refractivity contribution in [2.24, 2.45) is 4.99 Å². The highest BCUT2D eigenvalue weighted by molar-refractivity contribution is 5.25. The van der Waals surface area contributed by atoms with Gasteiger partial charge in [0.15, 0.2) is 0 Å². The van der Waals surface area contributed by atoms with Crippen molar-refractivity contribution in [2.45, 2.75) is 24.9 Å². The zero-order valence-corrected chi connectivity index (χ0v) is 5.22. The molecule has 46 valence electrons. The summed E-state index contributed by atoms with van der Waals surface area (Å²) in [6.07, 6.45) is 2.36. The summed E-state index contributed by atoms with van der Waals surface area (Å²) in [6.45, 7) is 3.47. The first-order valence-electron chi connectivity index (χ1n) is 3.00. The van der Waals surface area contributed by atoms with Gasteiger partial charge in [0.2, 0.25) is 0 Å². The topological polar surface area (TPSA) is 24.4 Å². The van der Waals surface area contributed by atoms with Gasteiger partial charge in [-0.05, 0) is 26.6 Å². The van der Waals surface area contributed by atoms with Gasteiger partial charge in [-0.15, -0.1) is 0 Å². The molecule has 2 heteroatoms. The smallest absolute Gasteiger partial charge is 0.0522 e. The normalized spacial score (nSPS) is 36.1. The predicted molar refractivity (Wildman–Crippen MR) is 35.4 cm³/mol. The molecule has 0 bridgehead atoms. The minimum Gasteiger partial charge on any atom is -0.317 e. The lowest BCUT2D eigenvalue weighted by Crippen LogP contribution is -2.41. The van der Waals surface area contributed by atoms with Crippen LogP contribution in [0.15, 0.2) is 4.99 Å². The molecule has 0 atom stereocenters. The molecular formula is C6H12N2. The summed E-state index contributed by atoms with van der Waals surface area (Å²) in [6, 6.07) is 1.26. The molecule has 0 radical (unpaired) electrons. The molecule has 0 aromatic heterocycles. The van der Waals surface area contributed by atoms with E-state index in [0.717, 1.165) is 0 Å². The Bertz CT molecular complexity index is 84.5. The first-order valence-corrected chi connectivity index (χ1v) is 3.00. The average Bonchev–Trinajstić information content (AvgIpc) is 1.65. The van der Waals surface area contributed by atoms with Gasteiger partial charge in [0.25, 0.3) is 0 Å². The Morgan fingerprint density at radius 2 is 2.25 bits per heavy atom. The third-order valence-corrected chi connectivity index (χ3v) is 1.78. The van der Waals surface area contributed by atoms with E-state index in [1.165, 1.54) is 12.8 Å². The predicted octanol–water partition coefficient (Wildman–Crippen LogP) is 0.437. The van der Waals surface area contributed by atoms with E-state index in [0.29, 0.717) is 12.1 Å². The maximum atomic E-state index is 3.90. The third kappa shape index (κ3) is 0.892. The van der Waals surface area contributed by atoms with E-state index in [2.05, 4.69) is 17.0 Å². The average molecular weight is 112 g/mol. The van der Waals surface area contributed by atoms with Gasteiger partial charge in [0, 0.05) is 6.04 Å². The van der Waals surface area contributed by atoms with Crippen LogP contribution in [-0.2, 0) is 0 Å². The summed E-state index contributed by atoms with van der Waals surface area (Å²) in [5, 5.41) is 3.18. The minimum atomic E-state index is 0.549. The van der Waals surface area contributed by atoms with E-state index >= 15 is 0 Å². The lowest BCUT2D eigenvalue weighted by Gasteiger charge is -2.31. The quantitative estimate of drug-likeness (QED) is 0.515. The van der Waals surface area contributed by atoms with Gasteiger partial charge >= 0.3 is 0 Å². The van der Waals surface area contributed by atoms with Crippen molar-refractivity contribution in [3.05, 3.63) is 0 Å². The van der Waals surface area contributed by atoms with Gasteiger partial charge in [-0.25, -0.2) is 0 Å². The third-order valence-electron chi connectivity index (χ3n) is 1.78. The molecule has 0 saturated heterocycles. The summed E-state index contributed by atoms with van der Waals surface area (Å²) in [5.41, 5.74) is 0. The van der Waals surface area contributed by atoms with Crippen LogP contribution in [0, 0.1) is 0 Å². The maximum Gasteiger partial charge on any atom is 0.0522 e. The van der Waals surface area contributed by atoms with Gasteiger partial charge in [-0.3, -0.25) is 4.99 Å². The van der Waals surface area contributed by atoms with Crippen LogP contribution < -0.4 is 5.32 Å². The molecule has 1 saturated carbocycles. The minimum absolute atomic E-state index is 0.549. The van der Waals surface area contributed by atoms with Crippen molar-refractivity contribution in [3.63, 3.8) is 0 Å². The molecule has 2 nitrogen and oxygen atoms in total. The maximum absolute atomic E-state index is 3.90. The Balaban J connectivity index is 2.11. The highest BCUT2D eigenvalue weighted by atomic mass is 14.9. The summed E-state index contributed by atoms with van der Waals surface area (Å²) in [4.78, 5) is 3.90. The van der Waals surface area contributed by atoms with Crippen molar-refractivity contribution in [2.75, 3.05) is 7.05 Å². The second-order valence-corrected chi connectivity index (χ2v) is 2.29. The van der Waals surface area contributed by atoms with Crippen LogP contribution in [0.3, 0.4) is 0 Å². The van der Waals surface area contributed by atoms with E-state index in [1.807, 2.05) is 7.05 Å². The van der Waals surface area contributed by atoms with Crippen LogP contribution in [0.5, 0.6) is 0 Å². The second kappa shape index (κ2) is 2.27. The Hall–Kier alpha value is -0.370. The summed E-state index contributed by atoms with van der Waals surface area (Å²) < 4.78 is 0. The number of nitrogens with one attached hydrogen (secondary N) is 1. The Morgan fingerprint density at radius 3 is 2.62 bits per heavy atom.